The van der Waals surface area contributed by atoms with Gasteiger partial charge in [-0.3, -0.25) is 13.1 Å². The molecule has 0 bridgehead atoms. The summed E-state index contributed by atoms with van der Waals surface area (Å²) >= 11 is 8.87. The highest BCUT2D eigenvalue weighted by molar-refractivity contribution is 14.1. The number of ether oxygens (including phenoxy) is 1. The van der Waals surface area contributed by atoms with Gasteiger partial charge >= 0.3 is 6.09 Å². The summed E-state index contributed by atoms with van der Waals surface area (Å²) in [6.45, 7) is 8.65. The molecule has 0 saturated heterocycles. The molecule has 2 atom stereocenters. The molecule has 4 N–H and O–H groups in total. The van der Waals surface area contributed by atoms with Crippen LogP contribution < -0.4 is 19.5 Å². The number of carbonyl (C=O) groups excluding carboxylic acids is 3. The second-order valence-electron chi connectivity index (χ2n) is 14.4. The standard InChI is InChI=1S/C22H25N3O3S2.C17H16IN3OS2/c1-12(26)23-19-18(20-25-15-7-5-6-8-16(15)29-20)14-10-9-13(11-17(14)30-19)24-21(27)28-22(2,3)4;1-9(22)19-16-15(11-7-6-10(21-18)8-14(11)24-16)17-20-12-4-2-3-5-13(12)23-17/h5-8,13H,9-11H2,1-4H3,(H,23,26)(H,24,27);2-5,10,21H,6-8H2,1H3,(H,19,22). The van der Waals surface area contributed by atoms with E-state index in [9.17, 15) is 14.4 Å². The fraction of sp³-hybridized carbons (Fsp3) is 0.359. The van der Waals surface area contributed by atoms with Crippen LogP contribution in [-0.2, 0) is 40.0 Å². The Hall–Kier alpha value is -3.48. The van der Waals surface area contributed by atoms with Crippen molar-refractivity contribution in [2.45, 2.75) is 90.8 Å². The summed E-state index contributed by atoms with van der Waals surface area (Å²) < 4.78 is 11.1. The molecule has 10 nitrogen and oxygen atoms in total. The Kier molecular flexibility index (Phi) is 11.7. The molecule has 15 heteroatoms. The molecule has 0 saturated carbocycles. The Morgan fingerprint density at radius 1 is 0.722 bits per heavy atom. The second-order valence-corrected chi connectivity index (χ2v) is 19.3. The number of anilines is 2. The van der Waals surface area contributed by atoms with Gasteiger partial charge in [0.25, 0.3) is 0 Å². The highest BCUT2D eigenvalue weighted by Gasteiger charge is 2.31. The summed E-state index contributed by atoms with van der Waals surface area (Å²) in [6, 6.07) is 16.8. The number of halogens is 1. The molecule has 8 rings (SSSR count). The molecule has 2 unspecified atom stereocenters. The molecule has 54 heavy (non-hydrogen) atoms. The number of aromatic nitrogens is 2. The molecule has 0 aliphatic heterocycles. The number of benzene rings is 2. The van der Waals surface area contributed by atoms with Gasteiger partial charge in [-0.05, 0) is 88.3 Å². The number of thiazole rings is 2. The van der Waals surface area contributed by atoms with Gasteiger partial charge in [0, 0.05) is 76.1 Å². The maximum atomic E-state index is 12.2. The third-order valence-corrected chi connectivity index (χ3v) is 14.3. The van der Waals surface area contributed by atoms with Crippen molar-refractivity contribution in [1.82, 2.24) is 18.8 Å². The van der Waals surface area contributed by atoms with Crippen molar-refractivity contribution in [3.8, 4) is 21.1 Å². The number of nitrogens with one attached hydrogen (secondary N) is 4. The van der Waals surface area contributed by atoms with E-state index in [4.69, 9.17) is 14.7 Å². The molecule has 4 heterocycles. The van der Waals surface area contributed by atoms with Crippen molar-refractivity contribution in [3.05, 3.63) is 69.4 Å². The number of hydrogen-bond donors (Lipinski definition) is 4. The van der Waals surface area contributed by atoms with E-state index in [0.29, 0.717) is 6.04 Å². The number of alkyl carbamates (subject to hydrolysis) is 1. The molecule has 2 aliphatic rings. The topological polar surface area (TPSA) is 134 Å². The van der Waals surface area contributed by atoms with Crippen LogP contribution in [0.2, 0.25) is 0 Å². The third kappa shape index (κ3) is 8.81. The van der Waals surface area contributed by atoms with E-state index in [1.165, 1.54) is 32.5 Å². The lowest BCUT2D eigenvalue weighted by Crippen LogP contribution is -2.41. The van der Waals surface area contributed by atoms with Gasteiger partial charge in [0.1, 0.15) is 25.6 Å². The number of hydrogen-bond acceptors (Lipinski definition) is 11. The monoisotopic (exact) mass is 912 g/mol. The SMILES string of the molecule is CC(=O)Nc1sc2c(c1-c1nc3ccccc3s1)CCC(NC(=O)OC(C)(C)C)C2.CC(=O)Nc1sc2c(c1-c1nc3ccccc3s1)CCC(NI)C2. The maximum Gasteiger partial charge on any atom is 0.407 e. The Morgan fingerprint density at radius 3 is 1.63 bits per heavy atom. The van der Waals surface area contributed by atoms with Crippen molar-refractivity contribution >= 4 is 117 Å². The largest absolute Gasteiger partial charge is 0.444 e. The van der Waals surface area contributed by atoms with E-state index in [1.807, 2.05) is 57.2 Å². The summed E-state index contributed by atoms with van der Waals surface area (Å²) in [6.07, 6.45) is 5.12. The van der Waals surface area contributed by atoms with Crippen molar-refractivity contribution in [2.75, 3.05) is 10.6 Å². The smallest absolute Gasteiger partial charge is 0.407 e. The molecule has 2 aliphatic carbocycles. The van der Waals surface area contributed by atoms with Crippen LogP contribution in [0.4, 0.5) is 14.8 Å². The number of amides is 3. The number of thiophene rings is 2. The number of rotatable bonds is 6. The molecule has 0 fully saturated rings. The molecular formula is C39H41IN6O4S4. The Labute approximate surface area is 344 Å². The van der Waals surface area contributed by atoms with Gasteiger partial charge in [0.15, 0.2) is 0 Å². The summed E-state index contributed by atoms with van der Waals surface area (Å²) in [5, 5.41) is 12.7. The normalized spacial score (nSPS) is 16.6. The summed E-state index contributed by atoms with van der Waals surface area (Å²) in [5.41, 5.74) is 6.22. The second kappa shape index (κ2) is 16.3. The molecule has 0 spiro atoms. The first kappa shape index (κ1) is 38.8. The van der Waals surface area contributed by atoms with Crippen LogP contribution in [0, 0.1) is 0 Å². The molecule has 282 valence electrons. The fourth-order valence-corrected chi connectivity index (χ4v) is 12.3. The zero-order valence-corrected chi connectivity index (χ0v) is 36.0. The van der Waals surface area contributed by atoms with Crippen LogP contribution in [0.3, 0.4) is 0 Å². The number of carbonyl (C=O) groups is 3. The predicted octanol–water partition coefficient (Wildman–Crippen LogP) is 10.1. The Morgan fingerprint density at radius 2 is 1.19 bits per heavy atom. The van der Waals surface area contributed by atoms with Gasteiger partial charge in [0.2, 0.25) is 11.8 Å². The molecule has 2 aromatic carbocycles. The number of para-hydroxylation sites is 2. The summed E-state index contributed by atoms with van der Waals surface area (Å²) in [7, 11) is 0. The number of fused-ring (bicyclic) bond motifs is 4. The minimum absolute atomic E-state index is 0.0133. The average molecular weight is 913 g/mol. The summed E-state index contributed by atoms with van der Waals surface area (Å²) in [5.74, 6) is -0.126. The van der Waals surface area contributed by atoms with Crippen molar-refractivity contribution in [3.63, 3.8) is 0 Å². The van der Waals surface area contributed by atoms with E-state index in [0.717, 1.165) is 85.4 Å². The lowest BCUT2D eigenvalue weighted by molar-refractivity contribution is -0.115. The zero-order chi connectivity index (χ0) is 38.1. The first-order valence-electron chi connectivity index (χ1n) is 17.8. The van der Waals surface area contributed by atoms with Crippen LogP contribution in [0.25, 0.3) is 41.6 Å². The van der Waals surface area contributed by atoms with Gasteiger partial charge in [-0.2, -0.15) is 0 Å². The average Bonchev–Trinajstić information content (AvgIpc) is 3.88. The lowest BCUT2D eigenvalue weighted by atomic mass is 9.92. The van der Waals surface area contributed by atoms with Gasteiger partial charge in [-0.25, -0.2) is 14.8 Å². The molecule has 0 radical (unpaired) electrons. The molecule has 4 aromatic heterocycles. The van der Waals surface area contributed by atoms with Crippen molar-refractivity contribution < 1.29 is 19.1 Å². The first-order valence-corrected chi connectivity index (χ1v) is 22.1. The first-order chi connectivity index (χ1) is 25.8. The van der Waals surface area contributed by atoms with Crippen LogP contribution >= 0.6 is 68.2 Å². The van der Waals surface area contributed by atoms with Gasteiger partial charge in [-0.1, -0.05) is 24.3 Å². The Balaban J connectivity index is 0.000000171. The van der Waals surface area contributed by atoms with E-state index < -0.39 is 5.60 Å². The number of nitrogens with zero attached hydrogens (tertiary/aromatic N) is 2. The fourth-order valence-electron chi connectivity index (χ4n) is 6.77. The molecule has 3 amide bonds. The van der Waals surface area contributed by atoms with Gasteiger partial charge < -0.3 is 20.7 Å². The molecular weight excluding hydrogens is 872 g/mol. The minimum Gasteiger partial charge on any atom is -0.444 e. The van der Waals surface area contributed by atoms with Crippen molar-refractivity contribution in [1.29, 1.82) is 0 Å². The zero-order valence-electron chi connectivity index (χ0n) is 30.6. The molecule has 6 aromatic rings. The third-order valence-electron chi connectivity index (χ3n) is 9.00. The van der Waals surface area contributed by atoms with Gasteiger partial charge in [-0.15, -0.1) is 45.3 Å². The highest BCUT2D eigenvalue weighted by atomic mass is 127. The van der Waals surface area contributed by atoms with E-state index in [-0.39, 0.29) is 23.9 Å². The van der Waals surface area contributed by atoms with Crippen LogP contribution in [0.5, 0.6) is 0 Å². The minimum atomic E-state index is -0.522. The van der Waals surface area contributed by atoms with E-state index in [2.05, 4.69) is 54.5 Å². The van der Waals surface area contributed by atoms with E-state index >= 15 is 0 Å². The summed E-state index contributed by atoms with van der Waals surface area (Å²) in [4.78, 5) is 47.9. The van der Waals surface area contributed by atoms with Crippen LogP contribution in [-0.4, -0.2) is 45.6 Å². The van der Waals surface area contributed by atoms with Crippen LogP contribution in [0.1, 0.15) is 68.3 Å². The maximum absolute atomic E-state index is 12.2. The van der Waals surface area contributed by atoms with Gasteiger partial charge in [0.05, 0.1) is 20.4 Å². The highest BCUT2D eigenvalue weighted by Crippen LogP contribution is 2.48. The van der Waals surface area contributed by atoms with Crippen LogP contribution in [0.15, 0.2) is 48.5 Å². The quantitative estimate of drug-likeness (QED) is 0.0966. The predicted molar refractivity (Wildman–Crippen MR) is 233 cm³/mol. The lowest BCUT2D eigenvalue weighted by Gasteiger charge is -2.26. The van der Waals surface area contributed by atoms with E-state index in [1.54, 1.807) is 52.3 Å². The Bertz CT molecular complexity index is 2290. The van der Waals surface area contributed by atoms with Crippen molar-refractivity contribution in [2.24, 2.45) is 0 Å².